The van der Waals surface area contributed by atoms with Gasteiger partial charge in [-0.15, -0.1) is 11.3 Å². The molecule has 6 nitrogen and oxygen atoms in total. The fourth-order valence-corrected chi connectivity index (χ4v) is 4.69. The van der Waals surface area contributed by atoms with E-state index < -0.39 is 24.8 Å². The van der Waals surface area contributed by atoms with Crippen LogP contribution in [0.25, 0.3) is 10.2 Å². The SMILES string of the molecule is O=C([C@@H]1C[C@@H](F)CN1)N1CCN(c2ncnc3sc(CC(F)(F)F)cc23)CC1. The number of alkyl halides is 4. The van der Waals surface area contributed by atoms with Crippen LogP contribution < -0.4 is 10.2 Å². The third-order valence-electron chi connectivity index (χ3n) is 5.00. The number of halogens is 4. The van der Waals surface area contributed by atoms with Crippen LogP contribution in [-0.2, 0) is 11.2 Å². The summed E-state index contributed by atoms with van der Waals surface area (Å²) in [6, 6.07) is 1.03. The third kappa shape index (κ3) is 4.04. The summed E-state index contributed by atoms with van der Waals surface area (Å²) >= 11 is 1.02. The van der Waals surface area contributed by atoms with E-state index in [2.05, 4.69) is 15.3 Å². The normalized spacial score (nSPS) is 23.6. The van der Waals surface area contributed by atoms with Crippen molar-refractivity contribution in [3.05, 3.63) is 17.3 Å². The highest BCUT2D eigenvalue weighted by molar-refractivity contribution is 7.18. The molecule has 2 fully saturated rings. The summed E-state index contributed by atoms with van der Waals surface area (Å²) < 4.78 is 51.4. The molecule has 2 aliphatic rings. The van der Waals surface area contributed by atoms with Crippen LogP contribution >= 0.6 is 11.3 Å². The minimum atomic E-state index is -4.27. The van der Waals surface area contributed by atoms with Crippen molar-refractivity contribution in [2.24, 2.45) is 0 Å². The molecule has 0 unspecified atom stereocenters. The third-order valence-corrected chi connectivity index (χ3v) is 6.04. The van der Waals surface area contributed by atoms with Crippen molar-refractivity contribution in [2.45, 2.75) is 31.2 Å². The van der Waals surface area contributed by atoms with Gasteiger partial charge < -0.3 is 15.1 Å². The van der Waals surface area contributed by atoms with Gasteiger partial charge in [0.05, 0.1) is 17.8 Å². The molecule has 2 aliphatic heterocycles. The van der Waals surface area contributed by atoms with Crippen molar-refractivity contribution < 1.29 is 22.4 Å². The lowest BCUT2D eigenvalue weighted by Gasteiger charge is -2.36. The van der Waals surface area contributed by atoms with Crippen molar-refractivity contribution >= 4 is 33.3 Å². The molecule has 2 aromatic rings. The topological polar surface area (TPSA) is 61.4 Å². The van der Waals surface area contributed by atoms with Gasteiger partial charge in [-0.3, -0.25) is 4.79 Å². The Balaban J connectivity index is 1.45. The molecule has 2 atom stereocenters. The van der Waals surface area contributed by atoms with E-state index in [1.54, 1.807) is 4.90 Å². The predicted molar refractivity (Wildman–Crippen MR) is 97.3 cm³/mol. The standard InChI is InChI=1S/C17H19F4N5OS/c18-10-5-13(22-8-10)16(27)26-3-1-25(2-4-26)14-12-6-11(7-17(19,20)21)28-15(12)24-9-23-14/h6,9-10,13,22H,1-5,7-8H2/t10-,13+/m1/s1. The van der Waals surface area contributed by atoms with Crippen molar-refractivity contribution in [1.82, 2.24) is 20.2 Å². The highest BCUT2D eigenvalue weighted by atomic mass is 32.1. The maximum atomic E-state index is 13.3. The molecule has 1 N–H and O–H groups in total. The van der Waals surface area contributed by atoms with E-state index in [0.29, 0.717) is 42.2 Å². The second-order valence-corrected chi connectivity index (χ2v) is 8.14. The van der Waals surface area contributed by atoms with Gasteiger partial charge in [0.15, 0.2) is 0 Å². The summed E-state index contributed by atoms with van der Waals surface area (Å²) in [4.78, 5) is 25.2. The number of nitrogens with zero attached hydrogens (tertiary/aromatic N) is 4. The van der Waals surface area contributed by atoms with Gasteiger partial charge in [0.2, 0.25) is 5.91 Å². The van der Waals surface area contributed by atoms with E-state index in [9.17, 15) is 22.4 Å². The number of rotatable bonds is 3. The summed E-state index contributed by atoms with van der Waals surface area (Å²) in [5, 5.41) is 3.50. The fraction of sp³-hybridized carbons (Fsp3) is 0.588. The minimum Gasteiger partial charge on any atom is -0.352 e. The molecule has 0 saturated carbocycles. The summed E-state index contributed by atoms with van der Waals surface area (Å²) in [6.45, 7) is 2.13. The van der Waals surface area contributed by atoms with Crippen molar-refractivity contribution in [1.29, 1.82) is 0 Å². The fourth-order valence-electron chi connectivity index (χ4n) is 3.67. The van der Waals surface area contributed by atoms with Gasteiger partial charge in [-0.1, -0.05) is 0 Å². The Kier molecular flexibility index (Phi) is 5.13. The molecular formula is C17H19F4N5OS. The number of nitrogens with one attached hydrogen (secondary N) is 1. The van der Waals surface area contributed by atoms with E-state index in [4.69, 9.17) is 0 Å². The number of hydrogen-bond acceptors (Lipinski definition) is 6. The minimum absolute atomic E-state index is 0.101. The predicted octanol–water partition coefficient (Wildman–Crippen LogP) is 2.14. The molecule has 2 saturated heterocycles. The zero-order valence-corrected chi connectivity index (χ0v) is 15.7. The van der Waals surface area contributed by atoms with Crippen LogP contribution in [0.3, 0.4) is 0 Å². The first-order chi connectivity index (χ1) is 13.3. The van der Waals surface area contributed by atoms with E-state index in [1.807, 2.05) is 4.90 Å². The van der Waals surface area contributed by atoms with E-state index in [-0.39, 0.29) is 23.7 Å². The van der Waals surface area contributed by atoms with E-state index in [1.165, 1.54) is 12.4 Å². The van der Waals surface area contributed by atoms with E-state index in [0.717, 1.165) is 11.3 Å². The molecule has 0 bridgehead atoms. The molecule has 0 radical (unpaired) electrons. The molecule has 28 heavy (non-hydrogen) atoms. The maximum absolute atomic E-state index is 13.3. The number of carbonyl (C=O) groups excluding carboxylic acids is 1. The van der Waals surface area contributed by atoms with Gasteiger partial charge in [-0.2, -0.15) is 13.2 Å². The lowest BCUT2D eigenvalue weighted by atomic mass is 10.1. The number of anilines is 1. The lowest BCUT2D eigenvalue weighted by molar-refractivity contribution is -0.133. The summed E-state index contributed by atoms with van der Waals surface area (Å²) in [6.07, 6.45) is -4.70. The Morgan fingerprint density at radius 3 is 2.64 bits per heavy atom. The van der Waals surface area contributed by atoms with Gasteiger partial charge in [-0.05, 0) is 6.07 Å². The van der Waals surface area contributed by atoms with Gasteiger partial charge >= 0.3 is 6.18 Å². The first-order valence-corrected chi connectivity index (χ1v) is 9.83. The summed E-state index contributed by atoms with van der Waals surface area (Å²) in [5.74, 6) is 0.486. The summed E-state index contributed by atoms with van der Waals surface area (Å²) in [5.41, 5.74) is 0. The lowest BCUT2D eigenvalue weighted by Crippen LogP contribution is -2.53. The van der Waals surface area contributed by atoms with Crippen molar-refractivity contribution in [3.63, 3.8) is 0 Å². The average Bonchev–Trinajstić information content (AvgIpc) is 3.25. The quantitative estimate of drug-likeness (QED) is 0.776. The monoisotopic (exact) mass is 417 g/mol. The Bertz CT molecular complexity index is 865. The molecule has 0 aromatic carbocycles. The molecule has 0 spiro atoms. The first kappa shape index (κ1) is 19.3. The Labute approximate surface area is 162 Å². The molecule has 4 heterocycles. The molecule has 152 valence electrons. The average molecular weight is 417 g/mol. The number of aromatic nitrogens is 2. The maximum Gasteiger partial charge on any atom is 0.393 e. The van der Waals surface area contributed by atoms with E-state index >= 15 is 0 Å². The number of hydrogen-bond donors (Lipinski definition) is 1. The van der Waals surface area contributed by atoms with Crippen molar-refractivity contribution in [2.75, 3.05) is 37.6 Å². The van der Waals surface area contributed by atoms with Crippen LogP contribution in [0.4, 0.5) is 23.4 Å². The number of amides is 1. The van der Waals surface area contributed by atoms with Crippen LogP contribution in [0.15, 0.2) is 12.4 Å². The Morgan fingerprint density at radius 2 is 2.00 bits per heavy atom. The van der Waals surface area contributed by atoms with Gasteiger partial charge in [0, 0.05) is 44.0 Å². The second kappa shape index (κ2) is 7.43. The van der Waals surface area contributed by atoms with Gasteiger partial charge in [-0.25, -0.2) is 14.4 Å². The van der Waals surface area contributed by atoms with Gasteiger partial charge in [0.25, 0.3) is 0 Å². The molecule has 11 heteroatoms. The number of piperazine rings is 1. The Hall–Kier alpha value is -2.01. The second-order valence-electron chi connectivity index (χ2n) is 7.03. The molecule has 1 amide bonds. The van der Waals surface area contributed by atoms with Crippen LogP contribution in [0, 0.1) is 0 Å². The smallest absolute Gasteiger partial charge is 0.352 e. The molecule has 2 aromatic heterocycles. The molecular weight excluding hydrogens is 398 g/mol. The largest absolute Gasteiger partial charge is 0.393 e. The van der Waals surface area contributed by atoms with Crippen LogP contribution in [-0.4, -0.2) is 71.9 Å². The summed E-state index contributed by atoms with van der Waals surface area (Å²) in [7, 11) is 0. The molecule has 0 aliphatic carbocycles. The Morgan fingerprint density at radius 1 is 1.25 bits per heavy atom. The van der Waals surface area contributed by atoms with Crippen molar-refractivity contribution in [3.8, 4) is 0 Å². The van der Waals surface area contributed by atoms with Crippen LogP contribution in [0.1, 0.15) is 11.3 Å². The number of carbonyl (C=O) groups is 1. The molecule has 4 rings (SSSR count). The number of fused-ring (bicyclic) bond motifs is 1. The highest BCUT2D eigenvalue weighted by Gasteiger charge is 2.34. The number of thiophene rings is 1. The van der Waals surface area contributed by atoms with Crippen LogP contribution in [0.2, 0.25) is 0 Å². The highest BCUT2D eigenvalue weighted by Crippen LogP contribution is 2.34. The first-order valence-electron chi connectivity index (χ1n) is 9.01. The van der Waals surface area contributed by atoms with Gasteiger partial charge in [0.1, 0.15) is 23.1 Å². The zero-order chi connectivity index (χ0) is 19.9. The zero-order valence-electron chi connectivity index (χ0n) is 14.9. The van der Waals surface area contributed by atoms with Crippen LogP contribution in [0.5, 0.6) is 0 Å².